The molecule has 0 heterocycles. The van der Waals surface area contributed by atoms with E-state index in [2.05, 4.69) is 6.58 Å². The van der Waals surface area contributed by atoms with E-state index in [9.17, 15) is 4.79 Å². The van der Waals surface area contributed by atoms with Gasteiger partial charge in [-0.3, -0.25) is 4.79 Å². The molecular weight excluding hydrogens is 77.0 g/mol. The van der Waals surface area contributed by atoms with Crippen LogP contribution in [0.5, 0.6) is 0 Å². The Morgan fingerprint density at radius 3 is 2.50 bits per heavy atom. The second-order valence-corrected chi connectivity index (χ2v) is 1.19. The summed E-state index contributed by atoms with van der Waals surface area (Å²) < 4.78 is 0. The fraction of sp³-hybridized carbons (Fsp3) is 0.400. The van der Waals surface area contributed by atoms with E-state index in [1.165, 1.54) is 0 Å². The van der Waals surface area contributed by atoms with Gasteiger partial charge in [-0.15, -0.1) is 6.58 Å². The fourth-order valence-electron chi connectivity index (χ4n) is 0.203. The monoisotopic (exact) mass is 85.1 g/mol. The van der Waals surface area contributed by atoms with Crippen LogP contribution < -0.4 is 0 Å². The molecule has 0 unspecified atom stereocenters. The van der Waals surface area contributed by atoms with Gasteiger partial charge in [0.05, 0.1) is 0 Å². The van der Waals surface area contributed by atoms with Crippen molar-refractivity contribution < 1.29 is 4.79 Å². The van der Waals surface area contributed by atoms with Crippen LogP contribution in [0.4, 0.5) is 0 Å². The lowest BCUT2D eigenvalue weighted by atomic mass is 10.5. The maximum absolute atomic E-state index is 9.97. The van der Waals surface area contributed by atoms with Gasteiger partial charge in [-0.2, -0.15) is 0 Å². The number of Topliss-reactive ketones (excluding diaryl/α,β-unsaturated/α-hetero) is 1. The van der Waals surface area contributed by atoms with E-state index in [0.717, 1.165) is 0 Å². The zero-order chi connectivity index (χ0) is 4.99. The molecule has 0 amide bonds. The average Bonchev–Trinajstić information content (AvgIpc) is 1.35. The number of carbonyl (C=O) groups is 1. The summed E-state index contributed by atoms with van der Waals surface area (Å²) in [4.78, 5) is 9.97. The first-order valence-electron chi connectivity index (χ1n) is 1.87. The van der Waals surface area contributed by atoms with Crippen LogP contribution in [0.15, 0.2) is 12.7 Å². The van der Waals surface area contributed by atoms with E-state index < -0.39 is 0 Å². The van der Waals surface area contributed by atoms with Crippen molar-refractivity contribution in [1.29, 1.82) is 0 Å². The number of carbonyl (C=O) groups excluding carboxylic acids is 1. The third-order valence-corrected chi connectivity index (χ3v) is 0.432. The van der Waals surface area contributed by atoms with Crippen LogP contribution in [0.1, 0.15) is 13.3 Å². The minimum atomic E-state index is 0.171. The number of hydrogen-bond donors (Lipinski definition) is 0. The first-order chi connectivity index (χ1) is 2.77. The van der Waals surface area contributed by atoms with Gasteiger partial charge in [0.1, 0.15) is 5.78 Å². The molecular formula is C5H8O. The molecule has 0 aromatic rings. The van der Waals surface area contributed by atoms with Crippen LogP contribution in [0.25, 0.3) is 0 Å². The van der Waals surface area contributed by atoms with Crippen molar-refractivity contribution in [3.8, 4) is 0 Å². The minimum absolute atomic E-state index is 0.171. The highest BCUT2D eigenvalue weighted by Crippen LogP contribution is 1.77. The first-order valence-corrected chi connectivity index (χ1v) is 1.87. The van der Waals surface area contributed by atoms with Gasteiger partial charge in [-0.25, -0.2) is 0 Å². The molecule has 0 rings (SSSR count). The van der Waals surface area contributed by atoms with Crippen LogP contribution in [-0.2, 0) is 4.79 Å². The summed E-state index contributed by atoms with van der Waals surface area (Å²) in [6.45, 7) is 4.92. The Bertz CT molecular complexity index is 64.3. The molecule has 0 saturated carbocycles. The molecule has 1 heteroatoms. The summed E-state index contributed by atoms with van der Waals surface area (Å²) in [6, 6.07) is 0. The summed E-state index contributed by atoms with van der Waals surface area (Å²) in [5, 5.41) is 0. The van der Waals surface area contributed by atoms with Crippen LogP contribution in [-0.4, -0.2) is 5.78 Å². The Kier molecular flexibility index (Phi) is 2.38. The molecule has 6 heavy (non-hydrogen) atoms. The fourth-order valence-corrected chi connectivity index (χ4v) is 0.203. The quantitative estimate of drug-likeness (QED) is 0.363. The highest BCUT2D eigenvalue weighted by molar-refractivity contribution is 5.76. The molecule has 0 radical (unpaired) electrons. The molecule has 0 saturated heterocycles. The largest absolute Gasteiger partial charge is 0.300 e. The van der Waals surface area contributed by atoms with Crippen molar-refractivity contribution in [2.75, 3.05) is 0 Å². The summed E-state index contributed by atoms with van der Waals surface area (Å²) in [5.74, 6) is 0.171. The van der Waals surface area contributed by atoms with Gasteiger partial charge < -0.3 is 0 Å². The number of allylic oxidation sites excluding steroid dienone is 1. The standard InChI is InChI=1S/C5H8O/c1-3-4-5(2)6/h3H,1,4H2,2H3/i5+1. The predicted molar refractivity (Wildman–Crippen MR) is 25.5 cm³/mol. The molecule has 0 aliphatic heterocycles. The van der Waals surface area contributed by atoms with E-state index >= 15 is 0 Å². The van der Waals surface area contributed by atoms with Gasteiger partial charge in [0.15, 0.2) is 0 Å². The van der Waals surface area contributed by atoms with Crippen molar-refractivity contribution in [1.82, 2.24) is 0 Å². The van der Waals surface area contributed by atoms with Gasteiger partial charge >= 0.3 is 0 Å². The van der Waals surface area contributed by atoms with Crippen molar-refractivity contribution in [2.24, 2.45) is 0 Å². The second-order valence-electron chi connectivity index (χ2n) is 1.19. The SMILES string of the molecule is C=CC[13C](C)=O. The van der Waals surface area contributed by atoms with E-state index in [1.807, 2.05) is 0 Å². The smallest absolute Gasteiger partial charge is 0.133 e. The highest BCUT2D eigenvalue weighted by Gasteiger charge is 1.80. The summed E-state index contributed by atoms with van der Waals surface area (Å²) in [6.07, 6.45) is 2.10. The number of rotatable bonds is 2. The molecule has 0 bridgehead atoms. The Labute approximate surface area is 37.7 Å². The summed E-state index contributed by atoms with van der Waals surface area (Å²) in [5.41, 5.74) is 0. The third-order valence-electron chi connectivity index (χ3n) is 0.432. The van der Waals surface area contributed by atoms with Gasteiger partial charge in [0, 0.05) is 6.42 Å². The molecule has 0 N–H and O–H groups in total. The zero-order valence-electron chi connectivity index (χ0n) is 3.90. The normalized spacial score (nSPS) is 7.50. The van der Waals surface area contributed by atoms with Crippen molar-refractivity contribution in [2.45, 2.75) is 13.3 Å². The van der Waals surface area contributed by atoms with Gasteiger partial charge in [0.2, 0.25) is 0 Å². The van der Waals surface area contributed by atoms with E-state index in [1.54, 1.807) is 13.0 Å². The molecule has 0 aliphatic carbocycles. The van der Waals surface area contributed by atoms with Crippen LogP contribution in [0.3, 0.4) is 0 Å². The Morgan fingerprint density at radius 1 is 2.00 bits per heavy atom. The van der Waals surface area contributed by atoms with Gasteiger partial charge in [0.25, 0.3) is 0 Å². The summed E-state index contributed by atoms with van der Waals surface area (Å²) in [7, 11) is 0. The van der Waals surface area contributed by atoms with Crippen LogP contribution in [0.2, 0.25) is 0 Å². The Balaban J connectivity index is 3.05. The van der Waals surface area contributed by atoms with Crippen molar-refractivity contribution in [3.05, 3.63) is 12.7 Å². The van der Waals surface area contributed by atoms with E-state index in [4.69, 9.17) is 0 Å². The maximum Gasteiger partial charge on any atom is 0.133 e. The predicted octanol–water partition coefficient (Wildman–Crippen LogP) is 1.15. The first kappa shape index (κ1) is 5.41. The lowest BCUT2D eigenvalue weighted by molar-refractivity contribution is -0.116. The van der Waals surface area contributed by atoms with Crippen molar-refractivity contribution >= 4 is 5.78 Å². The van der Waals surface area contributed by atoms with Crippen LogP contribution >= 0.6 is 0 Å². The maximum atomic E-state index is 9.97. The second kappa shape index (κ2) is 2.64. The average molecular weight is 85.1 g/mol. The van der Waals surface area contributed by atoms with E-state index in [-0.39, 0.29) is 5.78 Å². The molecule has 0 aliphatic rings. The minimum Gasteiger partial charge on any atom is -0.300 e. The molecule has 0 atom stereocenters. The Hall–Kier alpha value is -0.590. The molecule has 0 spiro atoms. The van der Waals surface area contributed by atoms with Gasteiger partial charge in [-0.05, 0) is 6.92 Å². The third kappa shape index (κ3) is 3.41. The lowest BCUT2D eigenvalue weighted by Gasteiger charge is -1.75. The summed E-state index contributed by atoms with van der Waals surface area (Å²) >= 11 is 0. The number of ketones is 1. The zero-order valence-corrected chi connectivity index (χ0v) is 3.90. The molecule has 1 nitrogen and oxygen atoms in total. The van der Waals surface area contributed by atoms with Crippen molar-refractivity contribution in [3.63, 3.8) is 0 Å². The van der Waals surface area contributed by atoms with Gasteiger partial charge in [-0.1, -0.05) is 6.08 Å². The lowest BCUT2D eigenvalue weighted by Crippen LogP contribution is -1.81. The molecule has 34 valence electrons. The molecule has 0 fully saturated rings. The molecule has 0 aromatic heterocycles. The Morgan fingerprint density at radius 2 is 2.50 bits per heavy atom. The van der Waals surface area contributed by atoms with E-state index in [0.29, 0.717) is 6.42 Å². The molecule has 0 aromatic carbocycles. The highest BCUT2D eigenvalue weighted by atomic mass is 16.2. The number of hydrogen-bond acceptors (Lipinski definition) is 1. The van der Waals surface area contributed by atoms with Crippen LogP contribution in [0, 0.1) is 0 Å². The topological polar surface area (TPSA) is 17.1 Å².